The van der Waals surface area contributed by atoms with Crippen LogP contribution in [0.1, 0.15) is 33.2 Å². The van der Waals surface area contributed by atoms with Gasteiger partial charge in [0.2, 0.25) is 0 Å². The molecule has 0 aliphatic carbocycles. The SMILES string of the molecule is Cc1cc(CCC2CN(C(=O)c3scnc3C)CCO2)ncn1. The highest BCUT2D eigenvalue weighted by molar-refractivity contribution is 7.11. The molecular formula is C16H20N4O2S. The van der Waals surface area contributed by atoms with Crippen LogP contribution in [0.4, 0.5) is 0 Å². The molecule has 3 rings (SSSR count). The molecule has 6 nitrogen and oxygen atoms in total. The fraction of sp³-hybridized carbons (Fsp3) is 0.500. The number of amides is 1. The summed E-state index contributed by atoms with van der Waals surface area (Å²) < 4.78 is 5.81. The van der Waals surface area contributed by atoms with Crippen LogP contribution in [0.2, 0.25) is 0 Å². The number of morpholine rings is 1. The van der Waals surface area contributed by atoms with Gasteiger partial charge in [-0.2, -0.15) is 0 Å². The van der Waals surface area contributed by atoms with Gasteiger partial charge in [-0.25, -0.2) is 15.0 Å². The second kappa shape index (κ2) is 7.14. The van der Waals surface area contributed by atoms with Crippen molar-refractivity contribution >= 4 is 17.2 Å². The summed E-state index contributed by atoms with van der Waals surface area (Å²) >= 11 is 1.40. The van der Waals surface area contributed by atoms with Crippen LogP contribution in [0, 0.1) is 13.8 Å². The van der Waals surface area contributed by atoms with Crippen molar-refractivity contribution in [3.63, 3.8) is 0 Å². The number of hydrogen-bond donors (Lipinski definition) is 0. The Morgan fingerprint density at radius 2 is 2.26 bits per heavy atom. The van der Waals surface area contributed by atoms with Crippen LogP contribution in [0.25, 0.3) is 0 Å². The summed E-state index contributed by atoms with van der Waals surface area (Å²) in [5.41, 5.74) is 4.51. The lowest BCUT2D eigenvalue weighted by Gasteiger charge is -2.32. The van der Waals surface area contributed by atoms with Crippen molar-refractivity contribution in [3.05, 3.63) is 39.9 Å². The van der Waals surface area contributed by atoms with Gasteiger partial charge in [0.15, 0.2) is 0 Å². The molecule has 0 spiro atoms. The molecule has 0 saturated carbocycles. The van der Waals surface area contributed by atoms with Gasteiger partial charge in [0, 0.05) is 24.5 Å². The summed E-state index contributed by atoms with van der Waals surface area (Å²) in [5.74, 6) is 0.0659. The Morgan fingerprint density at radius 3 is 3.00 bits per heavy atom. The Kier molecular flexibility index (Phi) is 4.97. The molecule has 0 radical (unpaired) electrons. The number of carbonyl (C=O) groups is 1. The van der Waals surface area contributed by atoms with Crippen LogP contribution in [-0.2, 0) is 11.2 Å². The predicted molar refractivity (Wildman–Crippen MR) is 87.6 cm³/mol. The van der Waals surface area contributed by atoms with Crippen LogP contribution in [-0.4, -0.2) is 51.6 Å². The predicted octanol–water partition coefficient (Wildman–Crippen LogP) is 2.02. The van der Waals surface area contributed by atoms with E-state index in [0.717, 1.165) is 34.8 Å². The molecule has 2 aromatic rings. The molecule has 7 heteroatoms. The first-order valence-corrected chi connectivity index (χ1v) is 8.60. The van der Waals surface area contributed by atoms with Gasteiger partial charge in [0.1, 0.15) is 11.2 Å². The normalized spacial score (nSPS) is 18.2. The Morgan fingerprint density at radius 1 is 1.39 bits per heavy atom. The highest BCUT2D eigenvalue weighted by atomic mass is 32.1. The maximum atomic E-state index is 12.6. The van der Waals surface area contributed by atoms with E-state index in [1.807, 2.05) is 24.8 Å². The number of rotatable bonds is 4. The van der Waals surface area contributed by atoms with Crippen LogP contribution in [0.5, 0.6) is 0 Å². The first-order valence-electron chi connectivity index (χ1n) is 7.72. The summed E-state index contributed by atoms with van der Waals surface area (Å²) in [5, 5.41) is 0. The molecule has 23 heavy (non-hydrogen) atoms. The molecule has 0 bridgehead atoms. The van der Waals surface area contributed by atoms with Crippen molar-refractivity contribution in [2.45, 2.75) is 32.8 Å². The molecule has 1 fully saturated rings. The van der Waals surface area contributed by atoms with E-state index in [1.165, 1.54) is 11.3 Å². The van der Waals surface area contributed by atoms with Crippen molar-refractivity contribution in [3.8, 4) is 0 Å². The smallest absolute Gasteiger partial charge is 0.266 e. The zero-order valence-electron chi connectivity index (χ0n) is 13.4. The lowest BCUT2D eigenvalue weighted by molar-refractivity contribution is -0.0245. The van der Waals surface area contributed by atoms with E-state index >= 15 is 0 Å². The average Bonchev–Trinajstić information content (AvgIpc) is 2.99. The Hall–Kier alpha value is -1.86. The topological polar surface area (TPSA) is 68.2 Å². The summed E-state index contributed by atoms with van der Waals surface area (Å²) in [6.07, 6.45) is 3.32. The number of ether oxygens (including phenoxy) is 1. The zero-order valence-corrected chi connectivity index (χ0v) is 14.2. The third kappa shape index (κ3) is 3.92. The van der Waals surface area contributed by atoms with Gasteiger partial charge < -0.3 is 9.64 Å². The zero-order chi connectivity index (χ0) is 16.2. The summed E-state index contributed by atoms with van der Waals surface area (Å²) in [6, 6.07) is 1.99. The first kappa shape index (κ1) is 16.0. The largest absolute Gasteiger partial charge is 0.375 e. The first-order chi connectivity index (χ1) is 11.1. The number of thiazole rings is 1. The van der Waals surface area contributed by atoms with Gasteiger partial charge in [-0.3, -0.25) is 4.79 Å². The average molecular weight is 332 g/mol. The van der Waals surface area contributed by atoms with Crippen molar-refractivity contribution in [1.82, 2.24) is 19.9 Å². The van der Waals surface area contributed by atoms with E-state index in [4.69, 9.17) is 4.74 Å². The maximum Gasteiger partial charge on any atom is 0.266 e. The second-order valence-electron chi connectivity index (χ2n) is 5.70. The van der Waals surface area contributed by atoms with Gasteiger partial charge in [0.25, 0.3) is 5.91 Å². The van der Waals surface area contributed by atoms with Gasteiger partial charge in [0.05, 0.1) is 23.9 Å². The Balaban J connectivity index is 1.58. The molecule has 0 aromatic carbocycles. The molecule has 1 saturated heterocycles. The third-order valence-corrected chi connectivity index (χ3v) is 4.87. The highest BCUT2D eigenvalue weighted by Crippen LogP contribution is 2.18. The molecule has 1 aliphatic rings. The lowest BCUT2D eigenvalue weighted by atomic mass is 10.1. The van der Waals surface area contributed by atoms with Gasteiger partial charge in [-0.15, -0.1) is 11.3 Å². The minimum atomic E-state index is 0.0520. The summed E-state index contributed by atoms with van der Waals surface area (Å²) in [4.78, 5) is 27.7. The fourth-order valence-electron chi connectivity index (χ4n) is 2.68. The van der Waals surface area contributed by atoms with E-state index in [-0.39, 0.29) is 12.0 Å². The highest BCUT2D eigenvalue weighted by Gasteiger charge is 2.26. The lowest BCUT2D eigenvalue weighted by Crippen LogP contribution is -2.45. The molecule has 122 valence electrons. The summed E-state index contributed by atoms with van der Waals surface area (Å²) in [6.45, 7) is 5.68. The van der Waals surface area contributed by atoms with Crippen LogP contribution in [0.3, 0.4) is 0 Å². The standard InChI is InChI=1S/C16H20N4O2S/c1-11-7-13(18-9-17-11)3-4-14-8-20(5-6-22-14)16(21)15-12(2)19-10-23-15/h7,9-10,14H,3-6,8H2,1-2H3. The molecular weight excluding hydrogens is 312 g/mol. The van der Waals surface area contributed by atoms with Gasteiger partial charge >= 0.3 is 0 Å². The number of hydrogen-bond acceptors (Lipinski definition) is 6. The quantitative estimate of drug-likeness (QED) is 0.857. The van der Waals surface area contributed by atoms with Crippen molar-refractivity contribution in [1.29, 1.82) is 0 Å². The molecule has 1 amide bonds. The molecule has 1 unspecified atom stereocenters. The van der Waals surface area contributed by atoms with Crippen molar-refractivity contribution in [2.24, 2.45) is 0 Å². The molecule has 1 aliphatic heterocycles. The molecule has 1 atom stereocenters. The number of nitrogens with zero attached hydrogens (tertiary/aromatic N) is 4. The Bertz CT molecular complexity index is 688. The van der Waals surface area contributed by atoms with E-state index < -0.39 is 0 Å². The number of aromatic nitrogens is 3. The number of carbonyl (C=O) groups excluding carboxylic acids is 1. The minimum Gasteiger partial charge on any atom is -0.375 e. The van der Waals surface area contributed by atoms with E-state index in [9.17, 15) is 4.79 Å². The fourth-order valence-corrected chi connectivity index (χ4v) is 3.45. The maximum absolute atomic E-state index is 12.6. The number of aryl methyl sites for hydroxylation is 3. The van der Waals surface area contributed by atoms with E-state index in [0.29, 0.717) is 19.7 Å². The molecule has 0 N–H and O–H groups in total. The van der Waals surface area contributed by atoms with Gasteiger partial charge in [-0.1, -0.05) is 0 Å². The van der Waals surface area contributed by atoms with Crippen LogP contribution < -0.4 is 0 Å². The Labute approximate surface area is 139 Å². The monoisotopic (exact) mass is 332 g/mol. The van der Waals surface area contributed by atoms with E-state index in [1.54, 1.807) is 11.8 Å². The molecule has 2 aromatic heterocycles. The second-order valence-corrected chi connectivity index (χ2v) is 6.56. The van der Waals surface area contributed by atoms with Gasteiger partial charge in [-0.05, 0) is 32.8 Å². The minimum absolute atomic E-state index is 0.0520. The van der Waals surface area contributed by atoms with Crippen LogP contribution in [0.15, 0.2) is 17.9 Å². The van der Waals surface area contributed by atoms with Crippen molar-refractivity contribution in [2.75, 3.05) is 19.7 Å². The van der Waals surface area contributed by atoms with Crippen molar-refractivity contribution < 1.29 is 9.53 Å². The summed E-state index contributed by atoms with van der Waals surface area (Å²) in [7, 11) is 0. The van der Waals surface area contributed by atoms with Crippen LogP contribution >= 0.6 is 11.3 Å². The van der Waals surface area contributed by atoms with E-state index in [2.05, 4.69) is 15.0 Å². The third-order valence-electron chi connectivity index (χ3n) is 3.95. The molecule has 3 heterocycles.